The molecule has 2 heterocycles. The molecule has 0 amide bonds. The summed E-state index contributed by atoms with van der Waals surface area (Å²) in [5.74, 6) is 0.769. The van der Waals surface area contributed by atoms with Crippen LogP contribution < -0.4 is 10.3 Å². The van der Waals surface area contributed by atoms with Crippen LogP contribution in [0.25, 0.3) is 33.5 Å². The molecule has 5 aromatic rings. The molecule has 0 atom stereocenters. The number of aromatic nitrogens is 3. The first kappa shape index (κ1) is 18.1. The van der Waals surface area contributed by atoms with Crippen molar-refractivity contribution in [2.45, 2.75) is 0 Å². The maximum absolute atomic E-state index is 13.6. The number of para-hydroxylation sites is 1. The number of hydrogen-bond acceptors (Lipinski definition) is 2. The number of fused-ring (bicyclic) bond motifs is 1. The summed E-state index contributed by atoms with van der Waals surface area (Å²) in [5, 5.41) is 0.690. The van der Waals surface area contributed by atoms with Gasteiger partial charge in [0.05, 0.1) is 29.4 Å². The van der Waals surface area contributed by atoms with Gasteiger partial charge in [0.15, 0.2) is 0 Å². The second kappa shape index (κ2) is 7.12. The molecule has 0 bridgehead atoms. The van der Waals surface area contributed by atoms with Gasteiger partial charge in [-0.25, -0.2) is 4.68 Å². The molecule has 0 saturated heterocycles. The van der Waals surface area contributed by atoms with Crippen LogP contribution in [0.1, 0.15) is 0 Å². The highest BCUT2D eigenvalue weighted by molar-refractivity contribution is 5.95. The molecule has 30 heavy (non-hydrogen) atoms. The van der Waals surface area contributed by atoms with E-state index in [1.807, 2.05) is 103 Å². The summed E-state index contributed by atoms with van der Waals surface area (Å²) in [5.41, 5.74) is 4.46. The Bertz CT molecular complexity index is 1390. The van der Waals surface area contributed by atoms with Crippen LogP contribution >= 0.6 is 0 Å². The van der Waals surface area contributed by atoms with Crippen molar-refractivity contribution < 1.29 is 4.74 Å². The van der Waals surface area contributed by atoms with E-state index in [1.165, 1.54) is 0 Å². The van der Waals surface area contributed by atoms with Gasteiger partial charge in [-0.1, -0.05) is 54.6 Å². The average Bonchev–Trinajstić information content (AvgIpc) is 3.31. The number of benzene rings is 3. The molecular weight excluding hydrogens is 374 g/mol. The number of aryl methyl sites for hydroxylation is 1. The van der Waals surface area contributed by atoms with Crippen molar-refractivity contribution in [2.75, 3.05) is 7.11 Å². The van der Waals surface area contributed by atoms with Crippen LogP contribution in [0.3, 0.4) is 0 Å². The fourth-order valence-corrected chi connectivity index (χ4v) is 4.00. The monoisotopic (exact) mass is 395 g/mol. The van der Waals surface area contributed by atoms with E-state index in [0.717, 1.165) is 33.9 Å². The van der Waals surface area contributed by atoms with Gasteiger partial charge in [-0.2, -0.15) is 0 Å². The largest absolute Gasteiger partial charge is 0.497 e. The summed E-state index contributed by atoms with van der Waals surface area (Å²) < 4.78 is 11.1. The second-order valence-corrected chi connectivity index (χ2v) is 7.15. The van der Waals surface area contributed by atoms with E-state index >= 15 is 0 Å². The van der Waals surface area contributed by atoms with Crippen LogP contribution in [0.4, 0.5) is 0 Å². The Balaban J connectivity index is 1.86. The first-order chi connectivity index (χ1) is 14.7. The third kappa shape index (κ3) is 2.75. The zero-order valence-electron chi connectivity index (χ0n) is 16.8. The minimum atomic E-state index is -0.0424. The van der Waals surface area contributed by atoms with Gasteiger partial charge < -0.3 is 9.30 Å². The molecule has 5 rings (SSSR count). The molecule has 0 unspecified atom stereocenters. The van der Waals surface area contributed by atoms with Crippen molar-refractivity contribution in [3.05, 3.63) is 101 Å². The average molecular weight is 395 g/mol. The maximum atomic E-state index is 13.6. The van der Waals surface area contributed by atoms with Gasteiger partial charge in [-0.3, -0.25) is 9.48 Å². The first-order valence-corrected chi connectivity index (χ1v) is 9.77. The predicted molar refractivity (Wildman–Crippen MR) is 120 cm³/mol. The van der Waals surface area contributed by atoms with E-state index in [1.54, 1.807) is 11.8 Å². The molecule has 0 aliphatic carbocycles. The van der Waals surface area contributed by atoms with Gasteiger partial charge in [0.25, 0.3) is 5.56 Å². The lowest BCUT2D eigenvalue weighted by Gasteiger charge is -2.12. The molecule has 0 N–H and O–H groups in total. The second-order valence-electron chi connectivity index (χ2n) is 7.15. The third-order valence-corrected chi connectivity index (χ3v) is 5.42. The van der Waals surface area contributed by atoms with E-state index in [-0.39, 0.29) is 5.56 Å². The van der Waals surface area contributed by atoms with E-state index in [2.05, 4.69) is 4.57 Å². The molecule has 0 saturated carbocycles. The lowest BCUT2D eigenvalue weighted by atomic mass is 10.1. The molecule has 2 aromatic heterocycles. The van der Waals surface area contributed by atoms with Crippen molar-refractivity contribution in [1.29, 1.82) is 0 Å². The molecule has 5 nitrogen and oxygen atoms in total. The number of rotatable bonds is 4. The summed E-state index contributed by atoms with van der Waals surface area (Å²) in [4.78, 5) is 13.6. The number of hydrogen-bond donors (Lipinski definition) is 0. The van der Waals surface area contributed by atoms with Crippen LogP contribution in [-0.4, -0.2) is 21.0 Å². The smallest absolute Gasteiger partial charge is 0.281 e. The summed E-state index contributed by atoms with van der Waals surface area (Å²) >= 11 is 0. The van der Waals surface area contributed by atoms with Gasteiger partial charge in [0.2, 0.25) is 0 Å². The zero-order chi connectivity index (χ0) is 20.7. The van der Waals surface area contributed by atoms with Crippen LogP contribution in [0, 0.1) is 0 Å². The van der Waals surface area contributed by atoms with E-state index < -0.39 is 0 Å². The predicted octanol–water partition coefficient (Wildman–Crippen LogP) is 4.80. The molecule has 0 aliphatic rings. The van der Waals surface area contributed by atoms with Gasteiger partial charge in [0, 0.05) is 25.0 Å². The van der Waals surface area contributed by atoms with Crippen molar-refractivity contribution in [1.82, 2.24) is 13.9 Å². The standard InChI is InChI=1S/C25H21N3O2/c1-26-22-17-27(20-14-9-15-21(16-20)30-2)24(18-10-5-3-6-11-18)23(22)25(29)28(26)19-12-7-4-8-13-19/h3-17H,1-2H3. The maximum Gasteiger partial charge on any atom is 0.281 e. The molecule has 0 radical (unpaired) electrons. The van der Waals surface area contributed by atoms with Gasteiger partial charge in [-0.15, -0.1) is 0 Å². The molecular formula is C25H21N3O2. The highest BCUT2D eigenvalue weighted by Crippen LogP contribution is 2.33. The topological polar surface area (TPSA) is 41.1 Å². The highest BCUT2D eigenvalue weighted by atomic mass is 16.5. The van der Waals surface area contributed by atoms with Crippen LogP contribution in [-0.2, 0) is 7.05 Å². The fraction of sp³-hybridized carbons (Fsp3) is 0.0800. The number of methoxy groups -OCH3 is 1. The Labute approximate surface area is 174 Å². The number of ether oxygens (including phenoxy) is 1. The Hall–Kier alpha value is -3.99. The zero-order valence-corrected chi connectivity index (χ0v) is 16.8. The molecule has 3 aromatic carbocycles. The van der Waals surface area contributed by atoms with Crippen molar-refractivity contribution in [2.24, 2.45) is 7.05 Å². The lowest BCUT2D eigenvalue weighted by molar-refractivity contribution is 0.414. The van der Waals surface area contributed by atoms with Crippen LogP contribution in [0.2, 0.25) is 0 Å². The quantitative estimate of drug-likeness (QED) is 0.439. The molecule has 0 spiro atoms. The third-order valence-electron chi connectivity index (χ3n) is 5.42. The molecule has 148 valence electrons. The van der Waals surface area contributed by atoms with E-state index in [0.29, 0.717) is 5.39 Å². The Kier molecular flexibility index (Phi) is 4.29. The van der Waals surface area contributed by atoms with Crippen LogP contribution in [0.15, 0.2) is 95.9 Å². The Morgan fingerprint density at radius 3 is 2.17 bits per heavy atom. The normalized spacial score (nSPS) is 11.1. The molecule has 5 heteroatoms. The van der Waals surface area contributed by atoms with Crippen molar-refractivity contribution in [3.8, 4) is 28.4 Å². The number of nitrogens with zero attached hydrogens (tertiary/aromatic N) is 3. The minimum absolute atomic E-state index is 0.0424. The highest BCUT2D eigenvalue weighted by Gasteiger charge is 2.22. The minimum Gasteiger partial charge on any atom is -0.497 e. The lowest BCUT2D eigenvalue weighted by Crippen LogP contribution is -2.20. The van der Waals surface area contributed by atoms with Crippen LogP contribution in [0.5, 0.6) is 5.75 Å². The van der Waals surface area contributed by atoms with Crippen molar-refractivity contribution >= 4 is 10.9 Å². The van der Waals surface area contributed by atoms with Gasteiger partial charge in [-0.05, 0) is 29.8 Å². The molecule has 0 fully saturated rings. The van der Waals surface area contributed by atoms with E-state index in [4.69, 9.17) is 4.74 Å². The SMILES string of the molecule is COc1cccc(-n2cc3c(c2-c2ccccc2)c(=O)n(-c2ccccc2)n3C)c1. The summed E-state index contributed by atoms with van der Waals surface area (Å²) in [7, 11) is 3.57. The van der Waals surface area contributed by atoms with Gasteiger partial charge in [0.1, 0.15) is 5.75 Å². The van der Waals surface area contributed by atoms with Gasteiger partial charge >= 0.3 is 0 Å². The fourth-order valence-electron chi connectivity index (χ4n) is 4.00. The molecule has 0 aliphatic heterocycles. The van der Waals surface area contributed by atoms with Crippen molar-refractivity contribution in [3.63, 3.8) is 0 Å². The summed E-state index contributed by atoms with van der Waals surface area (Å²) in [6, 6.07) is 27.6. The van der Waals surface area contributed by atoms with E-state index in [9.17, 15) is 4.79 Å². The summed E-state index contributed by atoms with van der Waals surface area (Å²) in [6.07, 6.45) is 2.02. The first-order valence-electron chi connectivity index (χ1n) is 9.77. The summed E-state index contributed by atoms with van der Waals surface area (Å²) in [6.45, 7) is 0. The Morgan fingerprint density at radius 2 is 1.47 bits per heavy atom. The Morgan fingerprint density at radius 1 is 0.800 bits per heavy atom.